The van der Waals surface area contributed by atoms with E-state index in [0.29, 0.717) is 6.04 Å². The lowest BCUT2D eigenvalue weighted by molar-refractivity contribution is 0.479. The highest BCUT2D eigenvalue weighted by Crippen LogP contribution is 2.08. The average Bonchev–Trinajstić information content (AvgIpc) is 2.79. The van der Waals surface area contributed by atoms with E-state index < -0.39 is 0 Å². The van der Waals surface area contributed by atoms with Crippen LogP contribution in [0.25, 0.3) is 0 Å². The van der Waals surface area contributed by atoms with Crippen LogP contribution in [0.15, 0.2) is 12.4 Å². The maximum atomic E-state index is 4.46. The van der Waals surface area contributed by atoms with E-state index in [4.69, 9.17) is 0 Å². The first-order valence-corrected chi connectivity index (χ1v) is 7.93. The van der Waals surface area contributed by atoms with Gasteiger partial charge in [0.05, 0.1) is 0 Å². The molecule has 0 bridgehead atoms. The molecule has 0 saturated heterocycles. The highest BCUT2D eigenvalue weighted by Gasteiger charge is 2.11. The van der Waals surface area contributed by atoms with E-state index in [1.54, 1.807) is 0 Å². The standard InChI is InChI=1S/C13H25N3S/c1-4-7-14-12(6-10-17-3)11-13-15-8-9-16(13)5-2/h8-9,12,14H,4-7,10-11H2,1-3H3. The number of rotatable bonds is 9. The predicted octanol–water partition coefficient (Wildman–Crippen LogP) is 2.57. The van der Waals surface area contributed by atoms with Crippen LogP contribution in [0.5, 0.6) is 0 Å². The Morgan fingerprint density at radius 2 is 2.29 bits per heavy atom. The third-order valence-electron chi connectivity index (χ3n) is 2.92. The zero-order valence-corrected chi connectivity index (χ0v) is 12.1. The Kier molecular flexibility index (Phi) is 7.37. The van der Waals surface area contributed by atoms with E-state index in [-0.39, 0.29) is 0 Å². The number of aryl methyl sites for hydroxylation is 1. The average molecular weight is 255 g/mol. The SMILES string of the molecule is CCCNC(CCSC)Cc1nccn1CC. The lowest BCUT2D eigenvalue weighted by Gasteiger charge is -2.18. The van der Waals surface area contributed by atoms with Crippen LogP contribution in [0.1, 0.15) is 32.5 Å². The van der Waals surface area contributed by atoms with Crippen molar-refractivity contribution in [3.63, 3.8) is 0 Å². The van der Waals surface area contributed by atoms with Crippen molar-refractivity contribution >= 4 is 11.8 Å². The van der Waals surface area contributed by atoms with Crippen molar-refractivity contribution in [2.45, 2.75) is 45.7 Å². The Hall–Kier alpha value is -0.480. The van der Waals surface area contributed by atoms with Crippen molar-refractivity contribution in [2.75, 3.05) is 18.6 Å². The van der Waals surface area contributed by atoms with E-state index >= 15 is 0 Å². The van der Waals surface area contributed by atoms with Gasteiger partial charge in [-0.15, -0.1) is 0 Å². The van der Waals surface area contributed by atoms with Crippen molar-refractivity contribution in [3.8, 4) is 0 Å². The summed E-state index contributed by atoms with van der Waals surface area (Å²) in [7, 11) is 0. The molecule has 1 aromatic rings. The molecule has 0 spiro atoms. The summed E-state index contributed by atoms with van der Waals surface area (Å²) in [6.45, 7) is 6.50. The first-order chi connectivity index (χ1) is 8.31. The highest BCUT2D eigenvalue weighted by molar-refractivity contribution is 7.98. The Morgan fingerprint density at radius 1 is 1.47 bits per heavy atom. The van der Waals surface area contributed by atoms with Crippen molar-refractivity contribution < 1.29 is 0 Å². The maximum Gasteiger partial charge on any atom is 0.110 e. The number of aromatic nitrogens is 2. The van der Waals surface area contributed by atoms with Gasteiger partial charge in [-0.25, -0.2) is 4.98 Å². The molecule has 1 N–H and O–H groups in total. The number of nitrogens with one attached hydrogen (secondary N) is 1. The van der Waals surface area contributed by atoms with Gasteiger partial charge in [-0.3, -0.25) is 0 Å². The second kappa shape index (κ2) is 8.59. The summed E-state index contributed by atoms with van der Waals surface area (Å²) in [6.07, 6.45) is 9.60. The molecule has 0 aliphatic heterocycles. The number of hydrogen-bond acceptors (Lipinski definition) is 3. The third kappa shape index (κ3) is 5.13. The quantitative estimate of drug-likeness (QED) is 0.735. The van der Waals surface area contributed by atoms with Gasteiger partial charge >= 0.3 is 0 Å². The molecule has 1 aromatic heterocycles. The molecule has 0 aliphatic rings. The Balaban J connectivity index is 2.51. The topological polar surface area (TPSA) is 29.9 Å². The smallest absolute Gasteiger partial charge is 0.110 e. The normalized spacial score (nSPS) is 12.9. The lowest BCUT2D eigenvalue weighted by atomic mass is 10.1. The van der Waals surface area contributed by atoms with Gasteiger partial charge in [0.25, 0.3) is 0 Å². The minimum Gasteiger partial charge on any atom is -0.335 e. The molecule has 98 valence electrons. The largest absolute Gasteiger partial charge is 0.335 e. The van der Waals surface area contributed by atoms with Crippen molar-refractivity contribution in [2.24, 2.45) is 0 Å². The molecule has 1 heterocycles. The molecule has 1 atom stereocenters. The first kappa shape index (κ1) is 14.6. The van der Waals surface area contributed by atoms with Gasteiger partial charge < -0.3 is 9.88 Å². The molecule has 0 aromatic carbocycles. The zero-order valence-electron chi connectivity index (χ0n) is 11.3. The van der Waals surface area contributed by atoms with Crippen LogP contribution in [0.3, 0.4) is 0 Å². The predicted molar refractivity (Wildman–Crippen MR) is 76.7 cm³/mol. The molecule has 0 aliphatic carbocycles. The van der Waals surface area contributed by atoms with Crippen LogP contribution in [-0.4, -0.2) is 34.1 Å². The fourth-order valence-corrected chi connectivity index (χ4v) is 2.44. The third-order valence-corrected chi connectivity index (χ3v) is 3.57. The molecule has 0 fully saturated rings. The maximum absolute atomic E-state index is 4.46. The summed E-state index contributed by atoms with van der Waals surface area (Å²) in [5.74, 6) is 2.43. The van der Waals surface area contributed by atoms with Crippen LogP contribution in [0.4, 0.5) is 0 Å². The lowest BCUT2D eigenvalue weighted by Crippen LogP contribution is -2.33. The van der Waals surface area contributed by atoms with E-state index in [0.717, 1.165) is 19.5 Å². The molecular weight excluding hydrogens is 230 g/mol. The van der Waals surface area contributed by atoms with Crippen LogP contribution >= 0.6 is 11.8 Å². The Labute approximate surface area is 109 Å². The number of thioether (sulfide) groups is 1. The number of nitrogens with zero attached hydrogens (tertiary/aromatic N) is 2. The number of hydrogen-bond donors (Lipinski definition) is 1. The van der Waals surface area contributed by atoms with Crippen LogP contribution in [-0.2, 0) is 13.0 Å². The Morgan fingerprint density at radius 3 is 2.94 bits per heavy atom. The first-order valence-electron chi connectivity index (χ1n) is 6.54. The van der Waals surface area contributed by atoms with Gasteiger partial charge in [0, 0.05) is 31.4 Å². The van der Waals surface area contributed by atoms with Gasteiger partial charge in [-0.05, 0) is 38.3 Å². The van der Waals surface area contributed by atoms with Gasteiger partial charge in [0.2, 0.25) is 0 Å². The molecule has 17 heavy (non-hydrogen) atoms. The van der Waals surface area contributed by atoms with Gasteiger partial charge in [0.15, 0.2) is 0 Å². The molecule has 3 nitrogen and oxygen atoms in total. The van der Waals surface area contributed by atoms with E-state index in [1.165, 1.54) is 24.4 Å². The van der Waals surface area contributed by atoms with Crippen molar-refractivity contribution in [1.82, 2.24) is 14.9 Å². The number of imidazole rings is 1. The van der Waals surface area contributed by atoms with E-state index in [2.05, 4.69) is 41.2 Å². The Bertz CT molecular complexity index is 291. The summed E-state index contributed by atoms with van der Waals surface area (Å²) in [4.78, 5) is 4.46. The van der Waals surface area contributed by atoms with Crippen molar-refractivity contribution in [1.29, 1.82) is 0 Å². The summed E-state index contributed by atoms with van der Waals surface area (Å²) in [5, 5.41) is 3.63. The molecule has 1 rings (SSSR count). The van der Waals surface area contributed by atoms with E-state index in [1.807, 2.05) is 18.0 Å². The van der Waals surface area contributed by atoms with Gasteiger partial charge in [-0.2, -0.15) is 11.8 Å². The summed E-state index contributed by atoms with van der Waals surface area (Å²) in [6, 6.07) is 0.565. The molecule has 1 unspecified atom stereocenters. The summed E-state index contributed by atoms with van der Waals surface area (Å²) >= 11 is 1.92. The van der Waals surface area contributed by atoms with Gasteiger partial charge in [0.1, 0.15) is 5.82 Å². The van der Waals surface area contributed by atoms with Crippen LogP contribution in [0.2, 0.25) is 0 Å². The second-order valence-electron chi connectivity index (χ2n) is 4.27. The monoisotopic (exact) mass is 255 g/mol. The van der Waals surface area contributed by atoms with Crippen molar-refractivity contribution in [3.05, 3.63) is 18.2 Å². The van der Waals surface area contributed by atoms with Crippen LogP contribution < -0.4 is 5.32 Å². The minimum atomic E-state index is 0.565. The molecule has 4 heteroatoms. The highest BCUT2D eigenvalue weighted by atomic mass is 32.2. The fraction of sp³-hybridized carbons (Fsp3) is 0.769. The van der Waals surface area contributed by atoms with Gasteiger partial charge in [-0.1, -0.05) is 6.92 Å². The second-order valence-corrected chi connectivity index (χ2v) is 5.25. The zero-order chi connectivity index (χ0) is 12.5. The van der Waals surface area contributed by atoms with E-state index in [9.17, 15) is 0 Å². The molecular formula is C13H25N3S. The molecule has 0 amide bonds. The summed E-state index contributed by atoms with van der Waals surface area (Å²) < 4.78 is 2.24. The molecule has 0 radical (unpaired) electrons. The summed E-state index contributed by atoms with van der Waals surface area (Å²) in [5.41, 5.74) is 0. The van der Waals surface area contributed by atoms with Crippen LogP contribution in [0, 0.1) is 0 Å². The fourth-order valence-electron chi connectivity index (χ4n) is 1.92. The molecule has 0 saturated carbocycles. The minimum absolute atomic E-state index is 0.565.